The van der Waals surface area contributed by atoms with Crippen molar-refractivity contribution in [2.24, 2.45) is 5.92 Å². The summed E-state index contributed by atoms with van der Waals surface area (Å²) in [4.78, 5) is 29.6. The van der Waals surface area contributed by atoms with E-state index in [0.29, 0.717) is 44.3 Å². The summed E-state index contributed by atoms with van der Waals surface area (Å²) >= 11 is 0. The zero-order valence-electron chi connectivity index (χ0n) is 17.6. The number of carbonyl (C=O) groups excluding carboxylic acids is 2. The Morgan fingerprint density at radius 3 is 2.42 bits per heavy atom. The van der Waals surface area contributed by atoms with Gasteiger partial charge in [-0.05, 0) is 55.2 Å². The molecule has 4 rings (SSSR count). The van der Waals surface area contributed by atoms with Gasteiger partial charge in [0.25, 0.3) is 0 Å². The molecule has 1 aliphatic heterocycles. The van der Waals surface area contributed by atoms with Gasteiger partial charge in [-0.2, -0.15) is 0 Å². The Morgan fingerprint density at radius 1 is 1.06 bits per heavy atom. The molecule has 1 aromatic heterocycles. The molecule has 7 nitrogen and oxygen atoms in total. The third-order valence-electron chi connectivity index (χ3n) is 6.22. The number of nitrogens with zero attached hydrogens (tertiary/aromatic N) is 2. The van der Waals surface area contributed by atoms with Crippen LogP contribution in [0.1, 0.15) is 31.4 Å². The van der Waals surface area contributed by atoms with Gasteiger partial charge >= 0.3 is 6.03 Å². The summed E-state index contributed by atoms with van der Waals surface area (Å²) in [6.45, 7) is 2.76. The van der Waals surface area contributed by atoms with Gasteiger partial charge in [0.1, 0.15) is 11.6 Å². The summed E-state index contributed by atoms with van der Waals surface area (Å²) in [6.07, 6.45) is 6.04. The lowest BCUT2D eigenvalue weighted by molar-refractivity contribution is -0.129. The minimum absolute atomic E-state index is 0.0347. The second-order valence-electron chi connectivity index (χ2n) is 8.25. The maximum absolute atomic E-state index is 13.1. The Kier molecular flexibility index (Phi) is 6.86. The van der Waals surface area contributed by atoms with Crippen molar-refractivity contribution < 1.29 is 18.4 Å². The highest BCUT2D eigenvalue weighted by Gasteiger charge is 2.37. The first-order valence-electron chi connectivity index (χ1n) is 11.0. The van der Waals surface area contributed by atoms with Crippen LogP contribution in [0, 0.1) is 11.7 Å². The van der Waals surface area contributed by atoms with E-state index in [9.17, 15) is 14.0 Å². The molecule has 0 radical (unpaired) electrons. The molecule has 3 amide bonds. The van der Waals surface area contributed by atoms with E-state index in [1.807, 2.05) is 12.1 Å². The third-order valence-corrected chi connectivity index (χ3v) is 6.22. The Labute approximate surface area is 181 Å². The van der Waals surface area contributed by atoms with Gasteiger partial charge in [-0.1, -0.05) is 12.8 Å². The van der Waals surface area contributed by atoms with Crippen LogP contribution < -0.4 is 10.6 Å². The van der Waals surface area contributed by atoms with E-state index in [-0.39, 0.29) is 23.8 Å². The number of benzene rings is 1. The minimum Gasteiger partial charge on any atom is -0.467 e. The fraction of sp³-hybridized carbons (Fsp3) is 0.478. The number of furan rings is 1. The monoisotopic (exact) mass is 428 g/mol. The number of piperazine rings is 1. The van der Waals surface area contributed by atoms with Gasteiger partial charge in [-0.15, -0.1) is 0 Å². The van der Waals surface area contributed by atoms with Crippen LogP contribution in [0.5, 0.6) is 0 Å². The van der Waals surface area contributed by atoms with E-state index >= 15 is 0 Å². The number of amides is 3. The van der Waals surface area contributed by atoms with E-state index in [1.54, 1.807) is 23.3 Å². The fourth-order valence-electron chi connectivity index (χ4n) is 4.58. The molecule has 2 heterocycles. The summed E-state index contributed by atoms with van der Waals surface area (Å²) in [6, 6.07) is 9.01. The summed E-state index contributed by atoms with van der Waals surface area (Å²) < 4.78 is 18.4. The lowest BCUT2D eigenvalue weighted by Crippen LogP contribution is -2.58. The lowest BCUT2D eigenvalue weighted by Gasteiger charge is -2.40. The zero-order valence-corrected chi connectivity index (χ0v) is 17.6. The molecule has 1 saturated heterocycles. The molecule has 2 fully saturated rings. The minimum atomic E-state index is -0.338. The van der Waals surface area contributed by atoms with Crippen LogP contribution in [0.2, 0.25) is 0 Å². The number of rotatable bonds is 6. The van der Waals surface area contributed by atoms with E-state index < -0.39 is 0 Å². The molecule has 2 aliphatic rings. The van der Waals surface area contributed by atoms with Gasteiger partial charge < -0.3 is 20.0 Å². The largest absolute Gasteiger partial charge is 0.467 e. The first-order chi connectivity index (χ1) is 15.1. The lowest BCUT2D eigenvalue weighted by atomic mass is 9.95. The van der Waals surface area contributed by atoms with Crippen molar-refractivity contribution >= 4 is 17.6 Å². The van der Waals surface area contributed by atoms with Crippen molar-refractivity contribution in [3.63, 3.8) is 0 Å². The number of urea groups is 1. The van der Waals surface area contributed by atoms with E-state index in [1.165, 1.54) is 12.1 Å². The molecule has 31 heavy (non-hydrogen) atoms. The summed E-state index contributed by atoms with van der Waals surface area (Å²) in [5, 5.41) is 5.84. The number of halogens is 1. The summed E-state index contributed by atoms with van der Waals surface area (Å²) in [5.74, 6) is 0.777. The highest BCUT2D eigenvalue weighted by Crippen LogP contribution is 2.31. The zero-order chi connectivity index (χ0) is 21.6. The van der Waals surface area contributed by atoms with Gasteiger partial charge in [-0.3, -0.25) is 9.69 Å². The van der Waals surface area contributed by atoms with Gasteiger partial charge in [-0.25, -0.2) is 9.18 Å². The van der Waals surface area contributed by atoms with Crippen molar-refractivity contribution in [3.05, 3.63) is 54.2 Å². The maximum Gasteiger partial charge on any atom is 0.321 e. The molecule has 1 atom stereocenters. The molecule has 0 bridgehead atoms. The van der Waals surface area contributed by atoms with Gasteiger partial charge in [0.05, 0.1) is 18.8 Å². The molecule has 1 aromatic carbocycles. The highest BCUT2D eigenvalue weighted by molar-refractivity contribution is 5.89. The number of hydrogen-bond acceptors (Lipinski definition) is 4. The standard InChI is InChI=1S/C23H29FN4O3/c24-18-7-9-19(10-8-18)26-23(30)28-13-11-27(12-14-28)21(17-4-1-2-5-17)22(29)25-16-20-6-3-15-31-20/h3,6-10,15,17,21H,1-2,4-5,11-14,16H2,(H,25,29)(H,26,30). The highest BCUT2D eigenvalue weighted by atomic mass is 19.1. The van der Waals surface area contributed by atoms with Gasteiger partial charge in [0.2, 0.25) is 5.91 Å². The van der Waals surface area contributed by atoms with Gasteiger partial charge in [0, 0.05) is 31.9 Å². The van der Waals surface area contributed by atoms with Gasteiger partial charge in [0.15, 0.2) is 0 Å². The SMILES string of the molecule is O=C(NCc1ccco1)C(C1CCCC1)N1CCN(C(=O)Nc2ccc(F)cc2)CC1. The predicted octanol–water partition coefficient (Wildman–Crippen LogP) is 3.44. The molecular formula is C23H29FN4O3. The molecule has 2 aromatic rings. The molecule has 0 spiro atoms. The van der Waals surface area contributed by atoms with Crippen molar-refractivity contribution in [1.29, 1.82) is 0 Å². The second-order valence-corrected chi connectivity index (χ2v) is 8.25. The Morgan fingerprint density at radius 2 is 1.77 bits per heavy atom. The molecule has 1 unspecified atom stereocenters. The molecule has 8 heteroatoms. The first kappa shape index (κ1) is 21.4. The van der Waals surface area contributed by atoms with Crippen LogP contribution in [0.15, 0.2) is 47.1 Å². The van der Waals surface area contributed by atoms with Crippen LogP contribution in [0.25, 0.3) is 0 Å². The average Bonchev–Trinajstić information content (AvgIpc) is 3.49. The normalized spacial score (nSPS) is 18.7. The van der Waals surface area contributed by atoms with E-state index in [0.717, 1.165) is 31.4 Å². The smallest absolute Gasteiger partial charge is 0.321 e. The molecule has 1 aliphatic carbocycles. The van der Waals surface area contributed by atoms with Crippen LogP contribution in [-0.2, 0) is 11.3 Å². The first-order valence-corrected chi connectivity index (χ1v) is 11.0. The number of carbonyl (C=O) groups is 2. The molecular weight excluding hydrogens is 399 g/mol. The van der Waals surface area contributed by atoms with E-state index in [2.05, 4.69) is 15.5 Å². The quantitative estimate of drug-likeness (QED) is 0.739. The predicted molar refractivity (Wildman–Crippen MR) is 115 cm³/mol. The van der Waals surface area contributed by atoms with Crippen molar-refractivity contribution in [2.75, 3.05) is 31.5 Å². The summed E-state index contributed by atoms with van der Waals surface area (Å²) in [7, 11) is 0. The number of hydrogen-bond donors (Lipinski definition) is 2. The Bertz CT molecular complexity index is 857. The number of anilines is 1. The third kappa shape index (κ3) is 5.44. The fourth-order valence-corrected chi connectivity index (χ4v) is 4.58. The Hall–Kier alpha value is -2.87. The topological polar surface area (TPSA) is 77.8 Å². The van der Waals surface area contributed by atoms with Crippen LogP contribution in [0.3, 0.4) is 0 Å². The van der Waals surface area contributed by atoms with Crippen molar-refractivity contribution in [2.45, 2.75) is 38.3 Å². The Balaban J connectivity index is 1.33. The van der Waals surface area contributed by atoms with Crippen LogP contribution in [-0.4, -0.2) is 54.0 Å². The average molecular weight is 429 g/mol. The molecule has 1 saturated carbocycles. The van der Waals surface area contributed by atoms with Crippen molar-refractivity contribution in [1.82, 2.24) is 15.1 Å². The van der Waals surface area contributed by atoms with Crippen molar-refractivity contribution in [3.8, 4) is 0 Å². The number of nitrogens with one attached hydrogen (secondary N) is 2. The van der Waals surface area contributed by atoms with E-state index in [4.69, 9.17) is 4.42 Å². The maximum atomic E-state index is 13.1. The molecule has 166 valence electrons. The second kappa shape index (κ2) is 9.96. The van der Waals surface area contributed by atoms with Crippen LogP contribution >= 0.6 is 0 Å². The molecule has 2 N–H and O–H groups in total. The summed E-state index contributed by atoms with van der Waals surface area (Å²) in [5.41, 5.74) is 0.565. The van der Waals surface area contributed by atoms with Crippen LogP contribution in [0.4, 0.5) is 14.9 Å².